The predicted molar refractivity (Wildman–Crippen MR) is 323 cm³/mol. The van der Waals surface area contributed by atoms with Crippen LogP contribution in [-0.4, -0.2) is 198 Å². The first-order valence-corrected chi connectivity index (χ1v) is 29.0. The van der Waals surface area contributed by atoms with Gasteiger partial charge in [0.05, 0.1) is 38.2 Å². The minimum atomic E-state index is -2.03. The van der Waals surface area contributed by atoms with Crippen molar-refractivity contribution in [2.45, 2.75) is 145 Å². The maximum Gasteiger partial charge on any atom is 0.328 e. The number of aliphatic hydroxyl groups is 3. The molecular weight excluding hydrogens is 1190 g/mol. The molecule has 91 heavy (non-hydrogen) atoms. The highest BCUT2D eigenvalue weighted by Crippen LogP contribution is 2.21. The third kappa shape index (κ3) is 23.9. The first kappa shape index (κ1) is 73.7. The van der Waals surface area contributed by atoms with Crippen LogP contribution in [0.25, 0.3) is 10.9 Å². The van der Waals surface area contributed by atoms with Crippen molar-refractivity contribution in [3.05, 3.63) is 95.7 Å². The Morgan fingerprint density at radius 3 is 1.36 bits per heavy atom. The van der Waals surface area contributed by atoms with Crippen molar-refractivity contribution in [1.82, 2.24) is 52.8 Å². The number of phenolic OH excluding ortho intramolecular Hbond substituents is 2. The minimum absolute atomic E-state index is 0.101. The van der Waals surface area contributed by atoms with Gasteiger partial charge in [0.25, 0.3) is 0 Å². The van der Waals surface area contributed by atoms with Gasteiger partial charge in [-0.2, -0.15) is 0 Å². The van der Waals surface area contributed by atoms with Gasteiger partial charge in [0, 0.05) is 36.4 Å². The Morgan fingerprint density at radius 1 is 0.505 bits per heavy atom. The number of nitrogens with one attached hydrogen (secondary N) is 10. The molecule has 0 aliphatic heterocycles. The van der Waals surface area contributed by atoms with E-state index in [1.54, 1.807) is 44.3 Å². The van der Waals surface area contributed by atoms with E-state index in [9.17, 15) is 93.3 Å². The van der Waals surface area contributed by atoms with Crippen LogP contribution >= 0.6 is 0 Å². The summed E-state index contributed by atoms with van der Waals surface area (Å²) in [4.78, 5) is 165. The molecule has 1 aromatic heterocycles. The number of rotatable bonds is 38. The second kappa shape index (κ2) is 36.0. The number of para-hydroxylation sites is 1. The highest BCUT2D eigenvalue weighted by molar-refractivity contribution is 6.00. The first-order chi connectivity index (χ1) is 43.0. The van der Waals surface area contributed by atoms with Gasteiger partial charge in [-0.1, -0.05) is 62.7 Å². The maximum absolute atomic E-state index is 14.8. The molecule has 0 unspecified atom stereocenters. The molecule has 0 saturated carbocycles. The maximum atomic E-state index is 14.8. The van der Waals surface area contributed by atoms with Gasteiger partial charge in [-0.3, -0.25) is 52.7 Å². The lowest BCUT2D eigenvalue weighted by molar-refractivity contribution is -0.145. The van der Waals surface area contributed by atoms with E-state index >= 15 is 0 Å². The summed E-state index contributed by atoms with van der Waals surface area (Å²) in [5.41, 5.74) is 18.5. The summed E-state index contributed by atoms with van der Waals surface area (Å²) in [5, 5.41) is 91.9. The molecule has 32 nitrogen and oxygen atoms in total. The van der Waals surface area contributed by atoms with Crippen LogP contribution in [0.3, 0.4) is 0 Å². The Bertz CT molecular complexity index is 3180. The Balaban J connectivity index is 1.68. The quantitative estimate of drug-likeness (QED) is 0.0187. The van der Waals surface area contributed by atoms with E-state index in [1.165, 1.54) is 48.5 Å². The van der Waals surface area contributed by atoms with Gasteiger partial charge in [0.15, 0.2) is 6.04 Å². The van der Waals surface area contributed by atoms with Crippen molar-refractivity contribution >= 4 is 81.9 Å². The Kier molecular flexibility index (Phi) is 29.2. The number of unbranched alkanes of at least 4 members (excludes halogenated alkanes) is 1. The van der Waals surface area contributed by atoms with Gasteiger partial charge in [-0.25, -0.2) is 4.79 Å². The molecule has 1 heterocycles. The van der Waals surface area contributed by atoms with Crippen molar-refractivity contribution in [2.24, 2.45) is 23.1 Å². The largest absolute Gasteiger partial charge is 0.508 e. The van der Waals surface area contributed by atoms with Crippen LogP contribution in [0.1, 0.15) is 76.0 Å². The lowest BCUT2D eigenvalue weighted by Crippen LogP contribution is -2.62. The topological polar surface area (TPSA) is 549 Å². The molecule has 0 fully saturated rings. The van der Waals surface area contributed by atoms with Crippen LogP contribution in [0.15, 0.2) is 79.0 Å². The number of aromatic amines is 1. The van der Waals surface area contributed by atoms with Crippen LogP contribution in [0.4, 0.5) is 0 Å². The standard InChI is InChI=1S/C59H81N13O19/c1-29(2)20-39(51(82)71-46(28-74)58(89)72-49(30(3)75)59(90)91)65-54(85)42(23-33-26-63-38-10-5-4-8-36(33)38)68-52(83)40(21-31-11-15-34(76)16-12-31)67-57(88)45(27-73)70-53(84)41(22-32-13-17-35(77)18-14-32)66-56(87)44(25-48(79)80)69-55(86)43(24-47(62)78)64-50(81)37(61)9-6-7-19-60/h4-5,8,10-18,26,29-30,37,39-46,49,63,73-77H,6-7,9,19-25,27-28,60-61H2,1-3H3,(H2,62,78)(H,64,81)(H,65,85)(H,66,87)(H,67,88)(H,68,83)(H,69,86)(H,70,84)(H,71,82)(H,72,89)(H,79,80)(H,90,91)/t30-,37+,39+,40+,41+,42+,43+,44+,45+,46+,49+/m1/s1. The molecule has 0 aliphatic rings. The average molecular weight is 1280 g/mol. The molecule has 0 saturated heterocycles. The number of nitrogens with two attached hydrogens (primary N) is 3. The number of aromatic nitrogens is 1. The number of hydrogen-bond donors (Lipinski definition) is 20. The van der Waals surface area contributed by atoms with Gasteiger partial charge in [-0.15, -0.1) is 0 Å². The number of aromatic hydroxyl groups is 2. The summed E-state index contributed by atoms with van der Waals surface area (Å²) >= 11 is 0. The van der Waals surface area contributed by atoms with Crippen LogP contribution in [0.2, 0.25) is 0 Å². The molecular formula is C59H81N13O19. The molecule has 32 heteroatoms. The fraction of sp³-hybridized carbons (Fsp3) is 0.458. The molecule has 11 atom stereocenters. The number of aliphatic carboxylic acids is 2. The average Bonchev–Trinajstić information content (AvgIpc) is 1.83. The zero-order valence-electron chi connectivity index (χ0n) is 50.2. The van der Waals surface area contributed by atoms with E-state index in [0.717, 1.165) is 6.92 Å². The highest BCUT2D eigenvalue weighted by Gasteiger charge is 2.37. The van der Waals surface area contributed by atoms with Gasteiger partial charge < -0.3 is 106 Å². The van der Waals surface area contributed by atoms with Crippen molar-refractivity contribution in [1.29, 1.82) is 0 Å². The van der Waals surface area contributed by atoms with Crippen LogP contribution in [-0.2, 0) is 76.8 Å². The number of fused-ring (bicyclic) bond motifs is 1. The van der Waals surface area contributed by atoms with Gasteiger partial charge in [0.2, 0.25) is 59.1 Å². The summed E-state index contributed by atoms with van der Waals surface area (Å²) in [5.74, 6) is -15.3. The number of carbonyl (C=O) groups excluding carboxylic acids is 10. The monoisotopic (exact) mass is 1280 g/mol. The lowest BCUT2D eigenvalue weighted by atomic mass is 9.99. The zero-order chi connectivity index (χ0) is 67.6. The molecule has 23 N–H and O–H groups in total. The van der Waals surface area contributed by atoms with Gasteiger partial charge in [-0.05, 0) is 85.7 Å². The second-order valence-electron chi connectivity index (χ2n) is 22.0. The number of primary amides is 1. The van der Waals surface area contributed by atoms with Crippen LogP contribution in [0.5, 0.6) is 11.5 Å². The van der Waals surface area contributed by atoms with Gasteiger partial charge in [0.1, 0.15) is 59.8 Å². The summed E-state index contributed by atoms with van der Waals surface area (Å²) in [6.45, 7) is 2.55. The summed E-state index contributed by atoms with van der Waals surface area (Å²) in [7, 11) is 0. The molecule has 3 aromatic carbocycles. The molecule has 10 amide bonds. The van der Waals surface area contributed by atoms with Gasteiger partial charge >= 0.3 is 11.9 Å². The number of H-pyrrole nitrogens is 1. The fourth-order valence-corrected chi connectivity index (χ4v) is 9.24. The van der Waals surface area contributed by atoms with Crippen molar-refractivity contribution in [3.8, 4) is 11.5 Å². The molecule has 4 aromatic rings. The van der Waals surface area contributed by atoms with Crippen molar-refractivity contribution in [2.75, 3.05) is 19.8 Å². The zero-order valence-corrected chi connectivity index (χ0v) is 50.2. The number of phenols is 2. The number of benzene rings is 3. The molecule has 0 spiro atoms. The normalized spacial score (nSPS) is 14.8. The number of aliphatic hydroxyl groups excluding tert-OH is 3. The number of amides is 10. The van der Waals surface area contributed by atoms with Crippen molar-refractivity contribution < 1.29 is 93.3 Å². The molecule has 0 aliphatic carbocycles. The summed E-state index contributed by atoms with van der Waals surface area (Å²) in [6.07, 6.45) is -2.16. The molecule has 0 bridgehead atoms. The van der Waals surface area contributed by atoms with E-state index in [0.29, 0.717) is 41.4 Å². The number of carboxylic acid groups (broad SMARTS) is 2. The smallest absolute Gasteiger partial charge is 0.328 e. The van der Waals surface area contributed by atoms with E-state index in [1.807, 2.05) is 5.32 Å². The van der Waals surface area contributed by atoms with E-state index in [4.69, 9.17) is 17.2 Å². The highest BCUT2D eigenvalue weighted by atomic mass is 16.4. The Hall–Kier alpha value is -9.76. The lowest BCUT2D eigenvalue weighted by Gasteiger charge is -2.28. The molecule has 496 valence electrons. The van der Waals surface area contributed by atoms with E-state index in [2.05, 4.69) is 47.5 Å². The Morgan fingerprint density at radius 2 is 0.912 bits per heavy atom. The van der Waals surface area contributed by atoms with E-state index in [-0.39, 0.29) is 42.2 Å². The number of carboxylic acids is 2. The molecule has 0 radical (unpaired) electrons. The number of hydrogen-bond acceptors (Lipinski definition) is 19. The molecule has 4 rings (SSSR count). The summed E-state index contributed by atoms with van der Waals surface area (Å²) in [6, 6.07) is 0.247. The summed E-state index contributed by atoms with van der Waals surface area (Å²) < 4.78 is 0. The van der Waals surface area contributed by atoms with E-state index < -0.39 is 176 Å². The fourth-order valence-electron chi connectivity index (χ4n) is 9.24. The third-order valence-electron chi connectivity index (χ3n) is 14.1. The Labute approximate surface area is 521 Å². The predicted octanol–water partition coefficient (Wildman–Crippen LogP) is -4.73. The first-order valence-electron chi connectivity index (χ1n) is 29.0. The minimum Gasteiger partial charge on any atom is -0.508 e. The number of carbonyl (C=O) groups is 12. The SMILES string of the molecule is CC(C)C[C@H](NC(=O)[C@H](Cc1c[nH]c2ccccc12)NC(=O)[C@H](Cc1ccc(O)cc1)NC(=O)[C@H](CO)NC(=O)[C@H](Cc1ccc(O)cc1)NC(=O)[C@H](CC(=O)O)NC(=O)[C@H](CC(N)=O)NC(=O)[C@@H](N)CCCCN)C(=O)N[C@@H](CO)C(=O)N[C@H](C(=O)O)[C@@H](C)O. The third-order valence-corrected chi connectivity index (χ3v) is 14.1. The van der Waals surface area contributed by atoms with Crippen LogP contribution < -0.4 is 65.1 Å². The second-order valence-corrected chi connectivity index (χ2v) is 22.0. The van der Waals surface area contributed by atoms with Crippen molar-refractivity contribution in [3.63, 3.8) is 0 Å². The van der Waals surface area contributed by atoms with Crippen LogP contribution in [0, 0.1) is 5.92 Å².